The van der Waals surface area contributed by atoms with Crippen LogP contribution in [0.5, 0.6) is 0 Å². The second-order valence-electron chi connectivity index (χ2n) is 13.9. The van der Waals surface area contributed by atoms with Crippen LogP contribution in [0.4, 0.5) is 11.4 Å². The molecule has 0 saturated carbocycles. The molecule has 2 aliphatic rings. The van der Waals surface area contributed by atoms with Crippen molar-refractivity contribution >= 4 is 78.0 Å². The molecule has 0 unspecified atom stereocenters. The first-order valence-electron chi connectivity index (χ1n) is 18.1. The second-order valence-corrected chi connectivity index (χ2v) is 16.8. The van der Waals surface area contributed by atoms with Crippen molar-refractivity contribution in [2.75, 3.05) is 5.73 Å². The average molecular weight is 835 g/mol. The van der Waals surface area contributed by atoms with Crippen molar-refractivity contribution in [3.63, 3.8) is 0 Å². The van der Waals surface area contributed by atoms with Crippen LogP contribution < -0.4 is 5.73 Å². The van der Waals surface area contributed by atoms with E-state index in [2.05, 4.69) is 9.97 Å². The summed E-state index contributed by atoms with van der Waals surface area (Å²) in [6.07, 6.45) is 7.39. The molecule has 3 aromatic heterocycles. The monoisotopic (exact) mass is 834 g/mol. The van der Waals surface area contributed by atoms with Crippen LogP contribution in [-0.2, 0) is 20.2 Å². The quantitative estimate of drug-likeness (QED) is 0.0439. The molecule has 60 heavy (non-hydrogen) atoms. The third kappa shape index (κ3) is 7.05. The Hall–Kier alpha value is -7.50. The maximum atomic E-state index is 12.0. The second kappa shape index (κ2) is 14.4. The van der Waals surface area contributed by atoms with Crippen LogP contribution in [0.25, 0.3) is 90.9 Å². The van der Waals surface area contributed by atoms with Crippen LogP contribution in [0.15, 0.2) is 131 Å². The minimum atomic E-state index is -4.48. The van der Waals surface area contributed by atoms with Gasteiger partial charge in [-0.15, -0.1) is 0 Å². The van der Waals surface area contributed by atoms with E-state index in [9.17, 15) is 36.1 Å². The third-order valence-electron chi connectivity index (χ3n) is 10.2. The molecule has 296 valence electrons. The minimum absolute atomic E-state index is 0.0915. The molecule has 0 amide bonds. The predicted molar refractivity (Wildman–Crippen MR) is 231 cm³/mol. The highest BCUT2D eigenvalue weighted by molar-refractivity contribution is 7.86. The predicted octanol–water partition coefficient (Wildman–Crippen LogP) is 9.31. The molecule has 0 aliphatic carbocycles. The maximum absolute atomic E-state index is 12.0. The molecule has 7 aromatic rings. The summed E-state index contributed by atoms with van der Waals surface area (Å²) in [6.45, 7) is 0. The van der Waals surface area contributed by atoms with Gasteiger partial charge in [0.25, 0.3) is 25.9 Å². The van der Waals surface area contributed by atoms with Crippen molar-refractivity contribution in [3.05, 3.63) is 154 Å². The summed E-state index contributed by atoms with van der Waals surface area (Å²) in [5.74, 6) is 0. The number of H-pyrrole nitrogens is 2. The van der Waals surface area contributed by atoms with Crippen molar-refractivity contribution in [3.8, 4) is 44.5 Å². The lowest BCUT2D eigenvalue weighted by atomic mass is 10.0. The number of fused-ring (bicyclic) bond motifs is 8. The van der Waals surface area contributed by atoms with Crippen molar-refractivity contribution in [1.29, 1.82) is 0 Å². The van der Waals surface area contributed by atoms with Gasteiger partial charge in [0.1, 0.15) is 0 Å². The normalized spacial score (nSPS) is 12.5. The maximum Gasteiger partial charge on any atom is 0.294 e. The van der Waals surface area contributed by atoms with E-state index in [1.54, 1.807) is 48.5 Å². The number of nitro benzene ring substituents is 1. The third-order valence-corrected chi connectivity index (χ3v) is 11.9. The lowest BCUT2D eigenvalue weighted by Gasteiger charge is -2.08. The van der Waals surface area contributed by atoms with Crippen LogP contribution >= 0.6 is 0 Å². The molecule has 9 rings (SSSR count). The van der Waals surface area contributed by atoms with Crippen molar-refractivity contribution in [1.82, 2.24) is 19.9 Å². The molecule has 0 atom stereocenters. The number of nitrogens with zero attached hydrogens (tertiary/aromatic N) is 3. The Kier molecular flexibility index (Phi) is 9.13. The number of aromatic amines is 2. The number of nitrogens with one attached hydrogen (secondary N) is 2. The first kappa shape index (κ1) is 38.0. The first-order valence-corrected chi connectivity index (χ1v) is 21.0. The zero-order valence-corrected chi connectivity index (χ0v) is 32.6. The molecule has 0 spiro atoms. The lowest BCUT2D eigenvalue weighted by Crippen LogP contribution is -1.97. The summed E-state index contributed by atoms with van der Waals surface area (Å²) in [5.41, 5.74) is 16.2. The Morgan fingerprint density at radius 1 is 0.467 bits per heavy atom. The number of nitro groups is 1. The Bertz CT molecular complexity index is 3200. The fourth-order valence-electron chi connectivity index (χ4n) is 7.41. The summed E-state index contributed by atoms with van der Waals surface area (Å²) in [7, 11) is -8.95. The zero-order chi connectivity index (χ0) is 41.9. The number of anilines is 1. The highest BCUT2D eigenvalue weighted by atomic mass is 32.2. The van der Waals surface area contributed by atoms with Gasteiger partial charge in [-0.1, -0.05) is 36.4 Å². The number of hydrogen-bond acceptors (Lipinski definition) is 9. The van der Waals surface area contributed by atoms with E-state index in [0.717, 1.165) is 5.56 Å². The van der Waals surface area contributed by atoms with E-state index >= 15 is 0 Å². The van der Waals surface area contributed by atoms with Gasteiger partial charge in [0.2, 0.25) is 0 Å². The van der Waals surface area contributed by atoms with Gasteiger partial charge in [0, 0.05) is 62.1 Å². The van der Waals surface area contributed by atoms with Gasteiger partial charge in [0.05, 0.1) is 37.5 Å². The fourth-order valence-corrected chi connectivity index (χ4v) is 8.37. The van der Waals surface area contributed by atoms with Gasteiger partial charge in [-0.3, -0.25) is 19.2 Å². The van der Waals surface area contributed by atoms with E-state index in [1.165, 1.54) is 36.4 Å². The Balaban J connectivity index is 1.44. The summed E-state index contributed by atoms with van der Waals surface area (Å²) in [6, 6.07) is 32.4. The SMILES string of the molecule is Nc1ccc(-c2c3nc(c(-c4ccc(S(=O)(=O)O)cc4)c4ccc([nH]4)c(-c4ccc([N+](=O)[O-])cc4)c4ccc([nH]4)c(-c4ccc(S(=O)(=O)O)cc4)c4nc2C=C4)C=C3)cc1. The number of hydrogen-bond donors (Lipinski definition) is 5. The topological polar surface area (TPSA) is 235 Å². The van der Waals surface area contributed by atoms with E-state index in [-0.39, 0.29) is 15.5 Å². The van der Waals surface area contributed by atoms with Gasteiger partial charge < -0.3 is 15.7 Å². The van der Waals surface area contributed by atoms with Gasteiger partial charge >= 0.3 is 0 Å². The summed E-state index contributed by atoms with van der Waals surface area (Å²) >= 11 is 0. The number of rotatable bonds is 7. The number of benzene rings is 4. The Labute approximate surface area is 341 Å². The van der Waals surface area contributed by atoms with E-state index in [1.807, 2.05) is 60.7 Å². The van der Waals surface area contributed by atoms with Crippen molar-refractivity contribution in [2.24, 2.45) is 0 Å². The Morgan fingerprint density at radius 2 is 0.783 bits per heavy atom. The largest absolute Gasteiger partial charge is 0.399 e. The molecule has 5 heterocycles. The lowest BCUT2D eigenvalue weighted by molar-refractivity contribution is -0.384. The molecule has 0 fully saturated rings. The number of non-ortho nitro benzene ring substituents is 1. The van der Waals surface area contributed by atoms with Gasteiger partial charge in [-0.05, 0) is 119 Å². The van der Waals surface area contributed by atoms with Crippen LogP contribution in [0.3, 0.4) is 0 Å². The zero-order valence-electron chi connectivity index (χ0n) is 30.9. The Morgan fingerprint density at radius 3 is 1.17 bits per heavy atom. The number of nitrogen functional groups attached to an aromatic ring is 1. The van der Waals surface area contributed by atoms with Crippen molar-refractivity contribution < 1.29 is 30.9 Å². The highest BCUT2D eigenvalue weighted by Crippen LogP contribution is 2.39. The number of nitrogens with two attached hydrogens (primary N) is 1. The van der Waals surface area contributed by atoms with Crippen LogP contribution in [-0.4, -0.2) is 50.8 Å². The van der Waals surface area contributed by atoms with E-state index in [0.29, 0.717) is 89.5 Å². The van der Waals surface area contributed by atoms with E-state index < -0.39 is 25.2 Å². The molecule has 0 radical (unpaired) electrons. The molecule has 8 bridgehead atoms. The highest BCUT2D eigenvalue weighted by Gasteiger charge is 2.21. The fraction of sp³-hybridized carbons (Fsp3) is 0. The van der Waals surface area contributed by atoms with Crippen molar-refractivity contribution in [2.45, 2.75) is 9.79 Å². The molecule has 0 saturated heterocycles. The summed E-state index contributed by atoms with van der Waals surface area (Å²) in [5, 5.41) is 11.6. The summed E-state index contributed by atoms with van der Waals surface area (Å²) < 4.78 is 67.5. The van der Waals surface area contributed by atoms with Crippen LogP contribution in [0, 0.1) is 10.1 Å². The summed E-state index contributed by atoms with van der Waals surface area (Å²) in [4.78, 5) is 28.0. The molecule has 4 aromatic carbocycles. The van der Waals surface area contributed by atoms with Crippen LogP contribution in [0.1, 0.15) is 22.8 Å². The molecule has 2 aliphatic heterocycles. The van der Waals surface area contributed by atoms with Gasteiger partial charge in [-0.25, -0.2) is 9.97 Å². The van der Waals surface area contributed by atoms with E-state index in [4.69, 9.17) is 15.7 Å². The standard InChI is InChI=1S/C44H30N6O8S2/c45-29-9-1-25(2-10-29)41-33-17-21-37(46-33)43(27-5-13-31(14-6-27)59(53,54)55)39-23-19-35(48-39)42(26-3-11-30(12-4-26)50(51)52)36-20-24-40(49-36)44(38-22-18-34(41)47-38)28-7-15-32(16-8-28)60(56,57)58/h1-24,48-49H,45H2,(H,53,54,55)(H,56,57,58). The molecule has 6 N–H and O–H groups in total. The molecular weight excluding hydrogens is 805 g/mol. The molecule has 14 nitrogen and oxygen atoms in total. The van der Waals surface area contributed by atoms with Crippen LogP contribution in [0.2, 0.25) is 0 Å². The average Bonchev–Trinajstić information content (AvgIpc) is 4.07. The van der Waals surface area contributed by atoms with Gasteiger partial charge in [0.15, 0.2) is 0 Å². The smallest absolute Gasteiger partial charge is 0.294 e. The molecule has 16 heteroatoms. The minimum Gasteiger partial charge on any atom is -0.399 e. The van der Waals surface area contributed by atoms with Gasteiger partial charge in [-0.2, -0.15) is 16.8 Å². The molecular formula is C44H30N6O8S2. The first-order chi connectivity index (χ1) is 28.7. The number of aromatic nitrogens is 4.